The van der Waals surface area contributed by atoms with Crippen molar-refractivity contribution in [3.8, 4) is 0 Å². The molecule has 1 aromatic rings. The summed E-state index contributed by atoms with van der Waals surface area (Å²) in [7, 11) is 0. The number of likely N-dealkylation sites (tertiary alicyclic amines) is 1. The van der Waals surface area contributed by atoms with E-state index in [2.05, 4.69) is 41.4 Å². The molecule has 1 amide bonds. The fourth-order valence-corrected chi connectivity index (χ4v) is 4.56. The van der Waals surface area contributed by atoms with Gasteiger partial charge in [0.15, 0.2) is 0 Å². The third-order valence-electron chi connectivity index (χ3n) is 6.13. The Hall–Kier alpha value is -1.35. The van der Waals surface area contributed by atoms with Gasteiger partial charge in [-0.3, -0.25) is 4.79 Å². The summed E-state index contributed by atoms with van der Waals surface area (Å²) in [6.07, 6.45) is 4.41. The number of carbonyl (C=O) groups excluding carboxylic acids is 1. The van der Waals surface area contributed by atoms with Crippen LogP contribution in [0.1, 0.15) is 36.8 Å². The Morgan fingerprint density at radius 2 is 1.77 bits per heavy atom. The number of benzene rings is 1. The number of rotatable bonds is 2. The van der Waals surface area contributed by atoms with E-state index in [4.69, 9.17) is 0 Å². The zero-order chi connectivity index (χ0) is 15.2. The van der Waals surface area contributed by atoms with Crippen molar-refractivity contribution in [3.05, 3.63) is 35.4 Å². The number of aryl methyl sites for hydroxylation is 1. The van der Waals surface area contributed by atoms with Crippen LogP contribution in [0.15, 0.2) is 24.3 Å². The molecule has 3 heteroatoms. The first-order chi connectivity index (χ1) is 10.7. The Labute approximate surface area is 133 Å². The van der Waals surface area contributed by atoms with Gasteiger partial charge in [-0.2, -0.15) is 0 Å². The van der Waals surface area contributed by atoms with E-state index in [1.807, 2.05) is 0 Å². The summed E-state index contributed by atoms with van der Waals surface area (Å²) in [5.41, 5.74) is 2.35. The number of fused-ring (bicyclic) bond motifs is 1. The fraction of sp³-hybridized carbons (Fsp3) is 0.632. The topological polar surface area (TPSA) is 32.3 Å². The van der Waals surface area contributed by atoms with Crippen molar-refractivity contribution in [1.82, 2.24) is 10.2 Å². The van der Waals surface area contributed by atoms with E-state index >= 15 is 0 Å². The molecule has 0 bridgehead atoms. The number of nitrogens with zero attached hydrogens (tertiary/aromatic N) is 1. The lowest BCUT2D eigenvalue weighted by Gasteiger charge is -2.27. The van der Waals surface area contributed by atoms with E-state index in [1.54, 1.807) is 0 Å². The van der Waals surface area contributed by atoms with Crippen LogP contribution in [0.3, 0.4) is 0 Å². The molecule has 2 aliphatic heterocycles. The summed E-state index contributed by atoms with van der Waals surface area (Å²) < 4.78 is 0. The van der Waals surface area contributed by atoms with E-state index in [-0.39, 0.29) is 5.41 Å². The standard InChI is InChI=1S/C19H26N2O/c1-14-4-2-3-5-17(14)19(8-9-19)18(22)21-10-6-15-12-20-13-16(15)7-11-21/h2-5,15-16,20H,6-13H2,1H3/t15-,16+. The molecule has 0 unspecified atom stereocenters. The highest BCUT2D eigenvalue weighted by Crippen LogP contribution is 2.51. The highest BCUT2D eigenvalue weighted by Gasteiger charge is 2.53. The number of nitrogens with one attached hydrogen (secondary N) is 1. The smallest absolute Gasteiger partial charge is 0.233 e. The average molecular weight is 298 g/mol. The van der Waals surface area contributed by atoms with Gasteiger partial charge in [-0.05, 0) is 68.7 Å². The predicted octanol–water partition coefficient (Wildman–Crippen LogP) is 2.48. The van der Waals surface area contributed by atoms with Crippen LogP contribution in [0.25, 0.3) is 0 Å². The van der Waals surface area contributed by atoms with Crippen LogP contribution in [-0.4, -0.2) is 37.0 Å². The predicted molar refractivity (Wildman–Crippen MR) is 87.8 cm³/mol. The SMILES string of the molecule is Cc1ccccc1C1(C(=O)N2CC[C@@H]3CNC[C@@H]3CC2)CC1. The molecular weight excluding hydrogens is 272 g/mol. The molecule has 2 atom stereocenters. The minimum atomic E-state index is -0.191. The molecular formula is C19H26N2O. The van der Waals surface area contributed by atoms with Gasteiger partial charge < -0.3 is 10.2 Å². The van der Waals surface area contributed by atoms with Crippen LogP contribution in [0.2, 0.25) is 0 Å². The first kappa shape index (κ1) is 14.3. The quantitative estimate of drug-likeness (QED) is 0.910. The molecule has 1 saturated carbocycles. The summed E-state index contributed by atoms with van der Waals surface area (Å²) in [6.45, 7) is 6.34. The molecule has 22 heavy (non-hydrogen) atoms. The second-order valence-corrected chi connectivity index (χ2v) is 7.44. The second kappa shape index (κ2) is 5.38. The first-order valence-electron chi connectivity index (χ1n) is 8.77. The normalized spacial score (nSPS) is 29.8. The molecule has 2 saturated heterocycles. The Morgan fingerprint density at radius 3 is 2.36 bits per heavy atom. The molecule has 3 fully saturated rings. The summed E-state index contributed by atoms with van der Waals surface area (Å²) in [5, 5.41) is 3.51. The van der Waals surface area contributed by atoms with Crippen LogP contribution >= 0.6 is 0 Å². The van der Waals surface area contributed by atoms with Crippen LogP contribution < -0.4 is 5.32 Å². The summed E-state index contributed by atoms with van der Waals surface area (Å²) in [4.78, 5) is 15.4. The first-order valence-corrected chi connectivity index (χ1v) is 8.77. The van der Waals surface area contributed by atoms with Crippen molar-refractivity contribution in [2.45, 2.75) is 38.0 Å². The van der Waals surface area contributed by atoms with Crippen LogP contribution in [0.5, 0.6) is 0 Å². The molecule has 118 valence electrons. The van der Waals surface area contributed by atoms with Crippen molar-refractivity contribution in [1.29, 1.82) is 0 Å². The van der Waals surface area contributed by atoms with Gasteiger partial charge in [-0.1, -0.05) is 24.3 Å². The third kappa shape index (κ3) is 2.26. The molecule has 3 nitrogen and oxygen atoms in total. The zero-order valence-corrected chi connectivity index (χ0v) is 13.5. The summed E-state index contributed by atoms with van der Waals surface area (Å²) in [5.74, 6) is 1.97. The van der Waals surface area contributed by atoms with Gasteiger partial charge in [0.05, 0.1) is 5.41 Å². The van der Waals surface area contributed by atoms with E-state index in [1.165, 1.54) is 24.0 Å². The molecule has 4 rings (SSSR count). The zero-order valence-electron chi connectivity index (χ0n) is 13.5. The third-order valence-corrected chi connectivity index (χ3v) is 6.13. The van der Waals surface area contributed by atoms with Gasteiger partial charge in [0.25, 0.3) is 0 Å². The van der Waals surface area contributed by atoms with Crippen molar-refractivity contribution >= 4 is 5.91 Å². The Balaban J connectivity index is 1.53. The van der Waals surface area contributed by atoms with Crippen LogP contribution in [0, 0.1) is 18.8 Å². The molecule has 0 radical (unpaired) electrons. The maximum Gasteiger partial charge on any atom is 0.233 e. The number of hydrogen-bond donors (Lipinski definition) is 1. The number of hydrogen-bond acceptors (Lipinski definition) is 2. The van der Waals surface area contributed by atoms with Gasteiger partial charge in [-0.15, -0.1) is 0 Å². The summed E-state index contributed by atoms with van der Waals surface area (Å²) in [6, 6.07) is 8.45. The average Bonchev–Trinajstić information content (AvgIpc) is 3.26. The largest absolute Gasteiger partial charge is 0.342 e. The van der Waals surface area contributed by atoms with Crippen molar-refractivity contribution in [2.75, 3.05) is 26.2 Å². The Morgan fingerprint density at radius 1 is 1.14 bits per heavy atom. The lowest BCUT2D eigenvalue weighted by atomic mass is 9.90. The van der Waals surface area contributed by atoms with Gasteiger partial charge in [-0.25, -0.2) is 0 Å². The van der Waals surface area contributed by atoms with Gasteiger partial charge >= 0.3 is 0 Å². The van der Waals surface area contributed by atoms with Crippen LogP contribution in [0.4, 0.5) is 0 Å². The minimum Gasteiger partial charge on any atom is -0.342 e. The highest BCUT2D eigenvalue weighted by molar-refractivity contribution is 5.91. The van der Waals surface area contributed by atoms with Gasteiger partial charge in [0, 0.05) is 13.1 Å². The lowest BCUT2D eigenvalue weighted by molar-refractivity contribution is -0.134. The molecule has 1 N–H and O–H groups in total. The number of carbonyl (C=O) groups is 1. The molecule has 0 spiro atoms. The Kier molecular flexibility index (Phi) is 3.48. The van der Waals surface area contributed by atoms with Crippen LogP contribution in [-0.2, 0) is 10.2 Å². The van der Waals surface area contributed by atoms with E-state index in [9.17, 15) is 4.79 Å². The molecule has 2 heterocycles. The van der Waals surface area contributed by atoms with Crippen molar-refractivity contribution in [2.24, 2.45) is 11.8 Å². The van der Waals surface area contributed by atoms with Gasteiger partial charge in [0.1, 0.15) is 0 Å². The lowest BCUT2D eigenvalue weighted by Crippen LogP contribution is -2.40. The highest BCUT2D eigenvalue weighted by atomic mass is 16.2. The fourth-order valence-electron chi connectivity index (χ4n) is 4.56. The maximum absolute atomic E-state index is 13.2. The number of amides is 1. The maximum atomic E-state index is 13.2. The summed E-state index contributed by atoms with van der Waals surface area (Å²) >= 11 is 0. The molecule has 3 aliphatic rings. The van der Waals surface area contributed by atoms with E-state index in [0.717, 1.165) is 50.9 Å². The molecule has 1 aromatic carbocycles. The van der Waals surface area contributed by atoms with E-state index < -0.39 is 0 Å². The molecule has 1 aliphatic carbocycles. The van der Waals surface area contributed by atoms with E-state index in [0.29, 0.717) is 5.91 Å². The van der Waals surface area contributed by atoms with Gasteiger partial charge in [0.2, 0.25) is 5.91 Å². The molecule has 0 aromatic heterocycles. The van der Waals surface area contributed by atoms with Crippen molar-refractivity contribution < 1.29 is 4.79 Å². The Bertz CT molecular complexity index is 565. The second-order valence-electron chi connectivity index (χ2n) is 7.44. The minimum absolute atomic E-state index is 0.191. The van der Waals surface area contributed by atoms with Crippen molar-refractivity contribution in [3.63, 3.8) is 0 Å². The monoisotopic (exact) mass is 298 g/mol.